The fourth-order valence-electron chi connectivity index (χ4n) is 2.31. The molecule has 0 radical (unpaired) electrons. The van der Waals surface area contributed by atoms with E-state index in [1.165, 1.54) is 33.8 Å². The molecule has 1 aromatic rings. The second kappa shape index (κ2) is 5.64. The average molecular weight is 347 g/mol. The van der Waals surface area contributed by atoms with Gasteiger partial charge in [0.15, 0.2) is 23.8 Å². The van der Waals surface area contributed by atoms with Crippen LogP contribution in [-0.2, 0) is 25.1 Å². The lowest BCUT2D eigenvalue weighted by Gasteiger charge is -2.30. The summed E-state index contributed by atoms with van der Waals surface area (Å²) in [6.07, 6.45) is 0. The van der Waals surface area contributed by atoms with E-state index < -0.39 is 34.4 Å². The Bertz CT molecular complexity index is 750. The predicted molar refractivity (Wildman–Crippen MR) is 90.5 cm³/mol. The molecule has 6 heteroatoms. The quantitative estimate of drug-likeness (QED) is 0.839. The molecule has 0 heterocycles. The van der Waals surface area contributed by atoms with Gasteiger partial charge in [0, 0.05) is 0 Å². The highest BCUT2D eigenvalue weighted by atomic mass is 32.3. The Balaban J connectivity index is 3.71. The van der Waals surface area contributed by atoms with Gasteiger partial charge in [0.2, 0.25) is 0 Å². The minimum atomic E-state index is -4.04. The predicted octanol–water partition coefficient (Wildman–Crippen LogP) is 3.32. The molecule has 0 N–H and O–H groups in total. The smallest absolute Gasteiger partial charge is 0.198 e. The maximum atomic E-state index is 13.1. The molecule has 22 heavy (non-hydrogen) atoms. The SMILES string of the molecule is CC(C)S(=O)(=O)C(C)(C)S(=O)(=O)c1ccccc1C(C)(C)C. The number of rotatable bonds is 4. The first-order valence-electron chi connectivity index (χ1n) is 7.25. The van der Waals surface area contributed by atoms with Crippen LogP contribution in [0, 0.1) is 0 Å². The Morgan fingerprint density at radius 3 is 1.73 bits per heavy atom. The zero-order chi connectivity index (χ0) is 17.6. The Hall–Kier alpha value is -0.880. The Morgan fingerprint density at radius 2 is 1.32 bits per heavy atom. The molecule has 0 atom stereocenters. The lowest BCUT2D eigenvalue weighted by molar-refractivity contribution is 0.540. The van der Waals surface area contributed by atoms with E-state index in [-0.39, 0.29) is 4.90 Å². The van der Waals surface area contributed by atoms with Gasteiger partial charge in [-0.05, 0) is 44.7 Å². The van der Waals surface area contributed by atoms with Crippen molar-refractivity contribution in [2.24, 2.45) is 0 Å². The van der Waals surface area contributed by atoms with Crippen LogP contribution in [-0.4, -0.2) is 26.2 Å². The first kappa shape index (κ1) is 19.2. The van der Waals surface area contributed by atoms with E-state index in [4.69, 9.17) is 0 Å². The summed E-state index contributed by atoms with van der Waals surface area (Å²) in [6, 6.07) is 6.63. The van der Waals surface area contributed by atoms with E-state index >= 15 is 0 Å². The van der Waals surface area contributed by atoms with Crippen molar-refractivity contribution in [1.29, 1.82) is 0 Å². The van der Waals surface area contributed by atoms with E-state index in [9.17, 15) is 16.8 Å². The van der Waals surface area contributed by atoms with E-state index in [0.29, 0.717) is 5.56 Å². The Morgan fingerprint density at radius 1 is 0.864 bits per heavy atom. The Labute approximate surface area is 134 Å². The van der Waals surface area contributed by atoms with Crippen LogP contribution in [0.3, 0.4) is 0 Å². The van der Waals surface area contributed by atoms with Crippen LogP contribution < -0.4 is 0 Å². The van der Waals surface area contributed by atoms with Gasteiger partial charge in [-0.2, -0.15) is 0 Å². The average Bonchev–Trinajstić information content (AvgIpc) is 2.37. The van der Waals surface area contributed by atoms with Gasteiger partial charge in [-0.15, -0.1) is 0 Å². The molecular weight excluding hydrogens is 320 g/mol. The largest absolute Gasteiger partial charge is 0.227 e. The highest BCUT2D eigenvalue weighted by molar-refractivity contribution is 8.10. The zero-order valence-electron chi connectivity index (χ0n) is 14.3. The number of hydrogen-bond acceptors (Lipinski definition) is 4. The molecule has 0 spiro atoms. The van der Waals surface area contributed by atoms with Crippen molar-refractivity contribution in [2.45, 2.75) is 68.1 Å². The third-order valence-electron chi connectivity index (χ3n) is 3.94. The van der Waals surface area contributed by atoms with Gasteiger partial charge in [0.25, 0.3) is 0 Å². The first-order valence-corrected chi connectivity index (χ1v) is 10.3. The molecule has 0 aliphatic carbocycles. The van der Waals surface area contributed by atoms with Crippen LogP contribution >= 0.6 is 0 Å². The van der Waals surface area contributed by atoms with Gasteiger partial charge in [0.05, 0.1) is 10.1 Å². The van der Waals surface area contributed by atoms with Crippen LogP contribution in [0.25, 0.3) is 0 Å². The van der Waals surface area contributed by atoms with Crippen molar-refractivity contribution in [3.63, 3.8) is 0 Å². The molecule has 0 unspecified atom stereocenters. The molecule has 0 aromatic heterocycles. The normalized spacial score (nSPS) is 14.4. The van der Waals surface area contributed by atoms with Crippen molar-refractivity contribution < 1.29 is 16.8 Å². The number of sulfone groups is 2. The summed E-state index contributed by atoms with van der Waals surface area (Å²) < 4.78 is 49.4. The molecule has 0 bridgehead atoms. The van der Waals surface area contributed by atoms with Crippen molar-refractivity contribution in [3.8, 4) is 0 Å². The standard InChI is InChI=1S/C16H26O4S2/c1-12(2)21(17,18)16(6,7)22(19,20)14-11-9-8-10-13(14)15(3,4)5/h8-12H,1-7H3. The summed E-state index contributed by atoms with van der Waals surface area (Å²) in [6.45, 7) is 11.3. The minimum absolute atomic E-state index is 0.0942. The Kier molecular flexibility index (Phi) is 4.91. The van der Waals surface area contributed by atoms with Crippen molar-refractivity contribution in [2.75, 3.05) is 0 Å². The van der Waals surface area contributed by atoms with Gasteiger partial charge in [-0.3, -0.25) is 0 Å². The van der Waals surface area contributed by atoms with Crippen LogP contribution in [0.1, 0.15) is 54.0 Å². The van der Waals surface area contributed by atoms with Gasteiger partial charge in [-0.1, -0.05) is 39.0 Å². The highest BCUT2D eigenvalue weighted by Crippen LogP contribution is 2.37. The highest BCUT2D eigenvalue weighted by Gasteiger charge is 2.49. The topological polar surface area (TPSA) is 68.3 Å². The second-order valence-corrected chi connectivity index (χ2v) is 13.0. The van der Waals surface area contributed by atoms with E-state index in [1.54, 1.807) is 18.2 Å². The summed E-state index contributed by atoms with van der Waals surface area (Å²) in [5.74, 6) is 0. The van der Waals surface area contributed by atoms with Crippen LogP contribution in [0.5, 0.6) is 0 Å². The number of benzene rings is 1. The molecule has 0 aliphatic heterocycles. The molecule has 1 rings (SSSR count). The summed E-state index contributed by atoms with van der Waals surface area (Å²) in [5, 5.41) is -0.765. The molecule has 1 aromatic carbocycles. The maximum Gasteiger partial charge on any atom is 0.198 e. The van der Waals surface area contributed by atoms with Crippen LogP contribution in [0.15, 0.2) is 29.2 Å². The fraction of sp³-hybridized carbons (Fsp3) is 0.625. The maximum absolute atomic E-state index is 13.1. The van der Waals surface area contributed by atoms with E-state index in [0.717, 1.165) is 0 Å². The van der Waals surface area contributed by atoms with Gasteiger partial charge in [-0.25, -0.2) is 16.8 Å². The number of hydrogen-bond donors (Lipinski definition) is 0. The van der Waals surface area contributed by atoms with Crippen LogP contribution in [0.2, 0.25) is 0 Å². The fourth-order valence-corrected chi connectivity index (χ4v) is 6.96. The van der Waals surface area contributed by atoms with Crippen molar-refractivity contribution in [3.05, 3.63) is 29.8 Å². The minimum Gasteiger partial charge on any atom is -0.227 e. The summed E-state index contributed by atoms with van der Waals surface area (Å²) in [7, 11) is -7.88. The molecule has 126 valence electrons. The summed E-state index contributed by atoms with van der Waals surface area (Å²) in [5.41, 5.74) is 0.225. The summed E-state index contributed by atoms with van der Waals surface area (Å²) >= 11 is 0. The third kappa shape index (κ3) is 2.95. The molecule has 4 nitrogen and oxygen atoms in total. The third-order valence-corrected chi connectivity index (χ3v) is 10.1. The first-order chi connectivity index (χ1) is 9.67. The van der Waals surface area contributed by atoms with Crippen LogP contribution in [0.4, 0.5) is 0 Å². The van der Waals surface area contributed by atoms with Gasteiger partial charge < -0.3 is 0 Å². The van der Waals surface area contributed by atoms with Gasteiger partial charge in [0.1, 0.15) is 0 Å². The molecule has 0 fully saturated rings. The lowest BCUT2D eigenvalue weighted by Crippen LogP contribution is -2.45. The van der Waals surface area contributed by atoms with E-state index in [2.05, 4.69) is 0 Å². The van der Waals surface area contributed by atoms with Gasteiger partial charge >= 0.3 is 0 Å². The molecule has 0 saturated heterocycles. The second-order valence-electron chi connectivity index (χ2n) is 7.24. The van der Waals surface area contributed by atoms with Crippen molar-refractivity contribution in [1.82, 2.24) is 0 Å². The van der Waals surface area contributed by atoms with Crippen molar-refractivity contribution >= 4 is 19.7 Å². The summed E-state index contributed by atoms with van der Waals surface area (Å²) in [4.78, 5) is 0.0942. The van der Waals surface area contributed by atoms with E-state index in [1.807, 2.05) is 20.8 Å². The molecule has 0 aliphatic rings. The zero-order valence-corrected chi connectivity index (χ0v) is 16.0. The monoisotopic (exact) mass is 346 g/mol. The molecular formula is C16H26O4S2. The lowest BCUT2D eigenvalue weighted by atomic mass is 9.87. The molecule has 0 saturated carbocycles. The molecule has 0 amide bonds.